The summed E-state index contributed by atoms with van der Waals surface area (Å²) in [5, 5.41) is 5.10. The van der Waals surface area contributed by atoms with Crippen LogP contribution in [0.1, 0.15) is 53.6 Å². The highest BCUT2D eigenvalue weighted by Gasteiger charge is 2.33. The molecule has 2 aromatic carbocycles. The van der Waals surface area contributed by atoms with Gasteiger partial charge in [0.1, 0.15) is 5.00 Å². The van der Waals surface area contributed by atoms with Crippen molar-refractivity contribution in [1.82, 2.24) is 0 Å². The van der Waals surface area contributed by atoms with Gasteiger partial charge in [-0.25, -0.2) is 4.99 Å². The molecular weight excluding hydrogens is 459 g/mol. The van der Waals surface area contributed by atoms with Crippen molar-refractivity contribution in [2.45, 2.75) is 40.0 Å². The van der Waals surface area contributed by atoms with E-state index >= 15 is 0 Å². The van der Waals surface area contributed by atoms with Crippen molar-refractivity contribution in [1.29, 1.82) is 0 Å². The summed E-state index contributed by atoms with van der Waals surface area (Å²) >= 11 is 13.6. The minimum absolute atomic E-state index is 0.123. The highest BCUT2D eigenvalue weighted by atomic mass is 35.5. The van der Waals surface area contributed by atoms with Gasteiger partial charge in [-0.1, -0.05) is 56.1 Å². The lowest BCUT2D eigenvalue weighted by molar-refractivity contribution is 0.102. The van der Waals surface area contributed by atoms with Crippen LogP contribution in [-0.4, -0.2) is 12.1 Å². The number of halogens is 2. The summed E-state index contributed by atoms with van der Waals surface area (Å²) < 4.78 is 0. The van der Waals surface area contributed by atoms with Gasteiger partial charge in [0.05, 0.1) is 5.56 Å². The quantitative estimate of drug-likeness (QED) is 0.372. The fourth-order valence-electron chi connectivity index (χ4n) is 4.04. The van der Waals surface area contributed by atoms with Crippen LogP contribution in [0.3, 0.4) is 0 Å². The number of carbonyl (C=O) groups excluding carboxylic acids is 1. The summed E-state index contributed by atoms with van der Waals surface area (Å²) in [6.07, 6.45) is 4.76. The number of amides is 1. The number of benzene rings is 2. The molecule has 0 saturated carbocycles. The molecule has 0 unspecified atom stereocenters. The van der Waals surface area contributed by atoms with Crippen LogP contribution in [0.2, 0.25) is 10.0 Å². The lowest BCUT2D eigenvalue weighted by atomic mass is 9.72. The maximum Gasteiger partial charge on any atom is 0.259 e. The van der Waals surface area contributed by atoms with Crippen LogP contribution >= 0.6 is 34.5 Å². The second-order valence-corrected chi connectivity index (χ2v) is 11.2. The summed E-state index contributed by atoms with van der Waals surface area (Å²) in [5.41, 5.74) is 3.73. The van der Waals surface area contributed by atoms with Gasteiger partial charge in [-0.3, -0.25) is 4.79 Å². The molecule has 0 aliphatic heterocycles. The van der Waals surface area contributed by atoms with Crippen molar-refractivity contribution < 1.29 is 4.79 Å². The Morgan fingerprint density at radius 1 is 1.06 bits per heavy atom. The second-order valence-electron chi connectivity index (χ2n) is 9.26. The fourth-order valence-corrected chi connectivity index (χ4v) is 5.57. The Bertz CT molecular complexity index is 1140. The summed E-state index contributed by atoms with van der Waals surface area (Å²) in [6.45, 7) is 6.89. The molecule has 166 valence electrons. The van der Waals surface area contributed by atoms with Crippen LogP contribution in [0, 0.1) is 11.3 Å². The summed E-state index contributed by atoms with van der Waals surface area (Å²) in [7, 11) is 0. The van der Waals surface area contributed by atoms with Crippen molar-refractivity contribution in [3.8, 4) is 0 Å². The zero-order valence-electron chi connectivity index (χ0n) is 18.4. The second kappa shape index (κ2) is 9.38. The van der Waals surface area contributed by atoms with E-state index in [0.717, 1.165) is 41.1 Å². The fraction of sp³-hybridized carbons (Fsp3) is 0.308. The van der Waals surface area contributed by atoms with Crippen LogP contribution in [0.15, 0.2) is 53.5 Å². The molecule has 0 bridgehead atoms. The first-order valence-electron chi connectivity index (χ1n) is 10.7. The first-order valence-corrected chi connectivity index (χ1v) is 12.3. The molecule has 1 amide bonds. The number of anilines is 1. The Labute approximate surface area is 203 Å². The number of hydrogen-bond acceptors (Lipinski definition) is 3. The number of fused-ring (bicyclic) bond motifs is 1. The monoisotopic (exact) mass is 484 g/mol. The summed E-state index contributed by atoms with van der Waals surface area (Å²) in [5.74, 6) is 0.469. The minimum atomic E-state index is -0.123. The predicted molar refractivity (Wildman–Crippen MR) is 137 cm³/mol. The van der Waals surface area contributed by atoms with Crippen molar-refractivity contribution >= 4 is 57.3 Å². The SMILES string of the molecule is CC(C)(C)[C@@H]1CCc2c(sc(N=Cc3ccc(Cl)cc3)c2C(=O)Nc2ccc(Cl)cc2)C1. The smallest absolute Gasteiger partial charge is 0.259 e. The average Bonchev–Trinajstić information content (AvgIpc) is 3.12. The van der Waals surface area contributed by atoms with E-state index in [2.05, 4.69) is 26.1 Å². The summed E-state index contributed by atoms with van der Waals surface area (Å²) in [6, 6.07) is 14.7. The number of carbonyl (C=O) groups is 1. The topological polar surface area (TPSA) is 41.5 Å². The Balaban J connectivity index is 1.69. The molecule has 32 heavy (non-hydrogen) atoms. The van der Waals surface area contributed by atoms with Crippen LogP contribution in [0.25, 0.3) is 0 Å². The molecule has 3 aromatic rings. The van der Waals surface area contributed by atoms with Gasteiger partial charge >= 0.3 is 0 Å². The first-order chi connectivity index (χ1) is 15.2. The molecule has 3 nitrogen and oxygen atoms in total. The maximum absolute atomic E-state index is 13.4. The molecule has 1 heterocycles. The largest absolute Gasteiger partial charge is 0.322 e. The molecule has 1 aliphatic rings. The number of thiophene rings is 1. The van der Waals surface area contributed by atoms with Gasteiger partial charge in [0.2, 0.25) is 0 Å². The third kappa shape index (κ3) is 5.25. The molecule has 0 spiro atoms. The van der Waals surface area contributed by atoms with E-state index in [4.69, 9.17) is 28.2 Å². The number of aliphatic imine (C=N–C) groups is 1. The highest BCUT2D eigenvalue weighted by molar-refractivity contribution is 7.16. The van der Waals surface area contributed by atoms with Crippen LogP contribution in [-0.2, 0) is 12.8 Å². The third-order valence-electron chi connectivity index (χ3n) is 6.00. The number of nitrogens with zero attached hydrogens (tertiary/aromatic N) is 1. The molecule has 1 aliphatic carbocycles. The van der Waals surface area contributed by atoms with Gasteiger partial charge in [0.15, 0.2) is 0 Å². The number of nitrogens with one attached hydrogen (secondary N) is 1. The van der Waals surface area contributed by atoms with E-state index in [-0.39, 0.29) is 11.3 Å². The van der Waals surface area contributed by atoms with Crippen molar-refractivity contribution in [2.75, 3.05) is 5.32 Å². The molecule has 6 heteroatoms. The van der Waals surface area contributed by atoms with E-state index in [1.807, 2.05) is 36.4 Å². The molecular formula is C26H26Cl2N2OS. The van der Waals surface area contributed by atoms with Gasteiger partial charge in [-0.15, -0.1) is 11.3 Å². The van der Waals surface area contributed by atoms with Crippen LogP contribution in [0.4, 0.5) is 10.7 Å². The standard InChI is InChI=1S/C26H26Cl2N2OS/c1-26(2,3)17-6-13-21-22(14-17)32-25(29-15-16-4-7-18(27)8-5-16)23(21)24(31)30-20-11-9-19(28)10-12-20/h4-5,7-12,15,17H,6,13-14H2,1-3H3,(H,30,31)/t17-/m1/s1. The van der Waals surface area contributed by atoms with Gasteiger partial charge in [0.25, 0.3) is 5.91 Å². The van der Waals surface area contributed by atoms with E-state index in [1.54, 1.807) is 29.7 Å². The average molecular weight is 485 g/mol. The Morgan fingerprint density at radius 3 is 2.31 bits per heavy atom. The zero-order chi connectivity index (χ0) is 22.9. The Kier molecular flexibility index (Phi) is 6.75. The van der Waals surface area contributed by atoms with Crippen molar-refractivity contribution in [3.05, 3.63) is 80.1 Å². The first kappa shape index (κ1) is 23.0. The molecule has 4 rings (SSSR count). The summed E-state index contributed by atoms with van der Waals surface area (Å²) in [4.78, 5) is 19.4. The lowest BCUT2D eigenvalue weighted by Gasteiger charge is -2.33. The van der Waals surface area contributed by atoms with E-state index < -0.39 is 0 Å². The third-order valence-corrected chi connectivity index (χ3v) is 7.67. The predicted octanol–water partition coefficient (Wildman–Crippen LogP) is 8.21. The van der Waals surface area contributed by atoms with Gasteiger partial charge < -0.3 is 5.32 Å². The number of hydrogen-bond donors (Lipinski definition) is 1. The van der Waals surface area contributed by atoms with Crippen molar-refractivity contribution in [2.24, 2.45) is 16.3 Å². The minimum Gasteiger partial charge on any atom is -0.322 e. The van der Waals surface area contributed by atoms with Gasteiger partial charge in [-0.05, 0) is 78.1 Å². The van der Waals surface area contributed by atoms with Gasteiger partial charge in [-0.2, -0.15) is 0 Å². The highest BCUT2D eigenvalue weighted by Crippen LogP contribution is 2.45. The Morgan fingerprint density at radius 2 is 1.69 bits per heavy atom. The lowest BCUT2D eigenvalue weighted by Crippen LogP contribution is -2.27. The Hall–Kier alpha value is -2.14. The molecule has 1 N–H and O–H groups in total. The van der Waals surface area contributed by atoms with Crippen LogP contribution in [0.5, 0.6) is 0 Å². The molecule has 0 fully saturated rings. The van der Waals surface area contributed by atoms with E-state index in [9.17, 15) is 4.79 Å². The van der Waals surface area contributed by atoms with Crippen LogP contribution < -0.4 is 5.32 Å². The maximum atomic E-state index is 13.4. The molecule has 0 radical (unpaired) electrons. The molecule has 1 aromatic heterocycles. The normalized spacial score (nSPS) is 16.2. The number of rotatable bonds is 4. The van der Waals surface area contributed by atoms with E-state index in [0.29, 0.717) is 21.5 Å². The van der Waals surface area contributed by atoms with E-state index in [1.165, 1.54) is 4.88 Å². The molecule has 1 atom stereocenters. The molecule has 0 saturated heterocycles. The van der Waals surface area contributed by atoms with Crippen molar-refractivity contribution in [3.63, 3.8) is 0 Å². The zero-order valence-corrected chi connectivity index (χ0v) is 20.7. The van der Waals surface area contributed by atoms with Gasteiger partial charge in [0, 0.05) is 26.8 Å².